The largest absolute Gasteiger partial charge is 0.497 e. The van der Waals surface area contributed by atoms with Crippen molar-refractivity contribution in [2.75, 3.05) is 13.7 Å². The van der Waals surface area contributed by atoms with Crippen LogP contribution in [0.5, 0.6) is 11.6 Å². The second-order valence-electron chi connectivity index (χ2n) is 17.8. The van der Waals surface area contributed by atoms with Gasteiger partial charge in [-0.15, -0.1) is 0 Å². The summed E-state index contributed by atoms with van der Waals surface area (Å²) < 4.78 is 59.8. The zero-order valence-corrected chi connectivity index (χ0v) is 35.6. The Labute approximate surface area is 354 Å². The molecule has 2 aliphatic heterocycles. The molecule has 4 aliphatic rings. The molecule has 3 aromatic rings. The smallest absolute Gasteiger partial charge is 0.408 e. The van der Waals surface area contributed by atoms with E-state index >= 15 is 0 Å². The Morgan fingerprint density at radius 3 is 2.45 bits per heavy atom. The molecular formula is C44H60FN5O9S. The summed E-state index contributed by atoms with van der Waals surface area (Å²) in [4.78, 5) is 63.0. The van der Waals surface area contributed by atoms with Crippen molar-refractivity contribution in [2.24, 2.45) is 17.8 Å². The number of rotatable bonds is 8. The van der Waals surface area contributed by atoms with E-state index in [0.717, 1.165) is 6.42 Å². The van der Waals surface area contributed by atoms with Gasteiger partial charge in [-0.1, -0.05) is 26.0 Å². The normalized spacial score (nSPS) is 27.9. The van der Waals surface area contributed by atoms with Gasteiger partial charge < -0.3 is 29.7 Å². The summed E-state index contributed by atoms with van der Waals surface area (Å²) in [6.45, 7) is 9.01. The standard InChI is InChI=1S/C44H54FN5O9S.3H2/c1-25-9-7-8-10-29-23-44(29,41(53)49-60(55,56)33-16-17-33)48-38(51)36-22-32(24-50(36)40(52)37(26(2)19-25)47-42(54)59-43(3,4)5)58-39-34-18-15-31(57-6)20-28(34)21-35(46-39)27-11-13-30(45)14-12-27;;;/h8,10-15,18,20-21,25-26,29,32-33,36-37H,7,9,16-17,19,22-24H2,1-6H3,(H,47,54)(H,48,51)(H,49,53);3*1H/b10-8-;;;/t25-,26+,29+,32+,36-,37?,44+;;;/m0.../s1. The molecule has 14 nitrogen and oxygen atoms in total. The monoisotopic (exact) mass is 853 g/mol. The minimum atomic E-state index is -3.94. The van der Waals surface area contributed by atoms with E-state index in [1.165, 1.54) is 17.0 Å². The summed E-state index contributed by atoms with van der Waals surface area (Å²) in [5, 5.41) is 6.38. The number of alkyl carbamates (subject to hydrolysis) is 1. The maximum Gasteiger partial charge on any atom is 0.408 e. The van der Waals surface area contributed by atoms with E-state index in [2.05, 4.69) is 22.3 Å². The Hall–Kier alpha value is -5.25. The number of amides is 4. The van der Waals surface area contributed by atoms with Crippen LogP contribution in [0, 0.1) is 23.6 Å². The lowest BCUT2D eigenvalue weighted by Gasteiger charge is -2.33. The van der Waals surface area contributed by atoms with Crippen molar-refractivity contribution in [3.05, 3.63) is 66.5 Å². The molecule has 3 fully saturated rings. The molecule has 3 N–H and O–H groups in total. The van der Waals surface area contributed by atoms with Crippen LogP contribution in [-0.2, 0) is 29.1 Å². The number of benzene rings is 2. The average molecular weight is 854 g/mol. The van der Waals surface area contributed by atoms with E-state index in [1.807, 2.05) is 31.2 Å². The van der Waals surface area contributed by atoms with Crippen LogP contribution in [0.15, 0.2) is 60.7 Å². The number of nitrogens with zero attached hydrogens (tertiary/aromatic N) is 2. The van der Waals surface area contributed by atoms with Gasteiger partial charge in [0.15, 0.2) is 0 Å². The van der Waals surface area contributed by atoms with Crippen LogP contribution in [0.3, 0.4) is 0 Å². The van der Waals surface area contributed by atoms with Gasteiger partial charge in [-0.05, 0) is 125 Å². The fourth-order valence-electron chi connectivity index (χ4n) is 8.28. The first-order valence-corrected chi connectivity index (χ1v) is 22.2. The van der Waals surface area contributed by atoms with Crippen molar-refractivity contribution < 1.29 is 50.5 Å². The third kappa shape index (κ3) is 9.53. The van der Waals surface area contributed by atoms with Gasteiger partial charge in [-0.3, -0.25) is 19.1 Å². The maximum absolute atomic E-state index is 14.9. The number of methoxy groups -OCH3 is 1. The summed E-state index contributed by atoms with van der Waals surface area (Å²) in [6, 6.07) is 10.8. The Balaban J connectivity index is 0.00000290. The maximum atomic E-state index is 14.9. The highest BCUT2D eigenvalue weighted by Gasteiger charge is 2.62. The number of carbonyl (C=O) groups is 4. The second kappa shape index (κ2) is 16.7. The van der Waals surface area contributed by atoms with Crippen molar-refractivity contribution in [3.8, 4) is 22.9 Å². The minimum Gasteiger partial charge on any atom is -0.497 e. The molecule has 60 heavy (non-hydrogen) atoms. The molecule has 1 saturated heterocycles. The number of carbonyl (C=O) groups excluding carboxylic acids is 4. The number of pyridine rings is 1. The summed E-state index contributed by atoms with van der Waals surface area (Å²) in [6.07, 6.45) is 5.22. The number of aromatic nitrogens is 1. The Bertz CT molecular complexity index is 2310. The molecule has 1 aromatic heterocycles. The number of nitrogens with one attached hydrogen (secondary N) is 3. The van der Waals surface area contributed by atoms with E-state index in [9.17, 15) is 32.0 Å². The number of halogens is 1. The molecule has 1 unspecified atom stereocenters. The van der Waals surface area contributed by atoms with Crippen molar-refractivity contribution in [2.45, 2.75) is 114 Å². The van der Waals surface area contributed by atoms with Gasteiger partial charge in [0.2, 0.25) is 27.7 Å². The van der Waals surface area contributed by atoms with Gasteiger partial charge in [-0.2, -0.15) is 0 Å². The average Bonchev–Trinajstić information content (AvgIpc) is 4.11. The highest BCUT2D eigenvalue weighted by atomic mass is 32.2. The lowest BCUT2D eigenvalue weighted by atomic mass is 9.88. The van der Waals surface area contributed by atoms with E-state index in [4.69, 9.17) is 19.2 Å². The molecule has 2 aromatic carbocycles. The van der Waals surface area contributed by atoms with Gasteiger partial charge >= 0.3 is 6.09 Å². The molecule has 0 bridgehead atoms. The van der Waals surface area contributed by atoms with Gasteiger partial charge in [0.1, 0.15) is 40.9 Å². The molecule has 2 saturated carbocycles. The molecule has 16 heteroatoms. The van der Waals surface area contributed by atoms with Crippen molar-refractivity contribution in [1.82, 2.24) is 25.2 Å². The van der Waals surface area contributed by atoms with Crippen molar-refractivity contribution in [1.29, 1.82) is 0 Å². The van der Waals surface area contributed by atoms with E-state index in [1.54, 1.807) is 52.1 Å². The van der Waals surface area contributed by atoms with Crippen LogP contribution < -0.4 is 24.8 Å². The number of allylic oxidation sites excluding steroid dienone is 1. The molecule has 0 spiro atoms. The Morgan fingerprint density at radius 2 is 1.77 bits per heavy atom. The number of sulfonamides is 1. The first-order chi connectivity index (χ1) is 28.4. The molecule has 0 radical (unpaired) electrons. The number of fused-ring (bicyclic) bond motifs is 3. The highest BCUT2D eigenvalue weighted by molar-refractivity contribution is 7.91. The topological polar surface area (TPSA) is 182 Å². The summed E-state index contributed by atoms with van der Waals surface area (Å²) in [5.41, 5.74) is -1.30. The van der Waals surface area contributed by atoms with Gasteiger partial charge in [0.25, 0.3) is 5.91 Å². The zero-order chi connectivity index (χ0) is 43.1. The predicted octanol–water partition coefficient (Wildman–Crippen LogP) is 6.52. The molecule has 7 rings (SSSR count). The predicted molar refractivity (Wildman–Crippen MR) is 228 cm³/mol. The number of hydrogen-bond acceptors (Lipinski definition) is 10. The van der Waals surface area contributed by atoms with E-state index < -0.39 is 80.2 Å². The fourth-order valence-corrected chi connectivity index (χ4v) is 9.64. The summed E-state index contributed by atoms with van der Waals surface area (Å²) in [7, 11) is -2.39. The molecule has 328 valence electrons. The van der Waals surface area contributed by atoms with Crippen LogP contribution in [0.4, 0.5) is 9.18 Å². The first kappa shape index (κ1) is 42.9. The van der Waals surface area contributed by atoms with Crippen LogP contribution in [0.2, 0.25) is 0 Å². The van der Waals surface area contributed by atoms with Crippen LogP contribution in [0.25, 0.3) is 22.0 Å². The lowest BCUT2D eigenvalue weighted by molar-refractivity contribution is -0.142. The summed E-state index contributed by atoms with van der Waals surface area (Å²) in [5.74, 6) is -2.38. The highest BCUT2D eigenvalue weighted by Crippen LogP contribution is 2.46. The van der Waals surface area contributed by atoms with Crippen molar-refractivity contribution in [3.63, 3.8) is 0 Å². The quantitative estimate of drug-likeness (QED) is 0.211. The van der Waals surface area contributed by atoms with E-state index in [-0.39, 0.29) is 41.4 Å². The number of ether oxygens (including phenoxy) is 3. The molecule has 3 heterocycles. The second-order valence-corrected chi connectivity index (χ2v) is 19.7. The Kier molecular flexibility index (Phi) is 11.9. The molecular weight excluding hydrogens is 794 g/mol. The van der Waals surface area contributed by atoms with Crippen LogP contribution in [0.1, 0.15) is 83.8 Å². The molecule has 4 amide bonds. The van der Waals surface area contributed by atoms with Crippen LogP contribution in [-0.4, -0.2) is 90.3 Å². The van der Waals surface area contributed by atoms with Gasteiger partial charge in [0.05, 0.1) is 24.6 Å². The minimum absolute atomic E-state index is 0. The first-order valence-electron chi connectivity index (χ1n) is 20.6. The number of hydrogen-bond donors (Lipinski definition) is 3. The lowest BCUT2D eigenvalue weighted by Crippen LogP contribution is -2.59. The Morgan fingerprint density at radius 1 is 1.03 bits per heavy atom. The van der Waals surface area contributed by atoms with Crippen LogP contribution >= 0.6 is 0 Å². The fraction of sp³-hybridized carbons (Fsp3) is 0.523. The molecule has 2 aliphatic carbocycles. The third-order valence-corrected chi connectivity index (χ3v) is 13.5. The zero-order valence-electron chi connectivity index (χ0n) is 34.8. The van der Waals surface area contributed by atoms with Crippen molar-refractivity contribution >= 4 is 44.6 Å². The van der Waals surface area contributed by atoms with Gasteiger partial charge in [-0.25, -0.2) is 22.6 Å². The van der Waals surface area contributed by atoms with Gasteiger partial charge in [0, 0.05) is 27.6 Å². The SMILES string of the molecule is COc1ccc2c(O[C@@H]3C[C@H]4C(=O)N[C@]5(C(=O)NS(=O)(=O)C6CC6)C[C@H]5/C=C\CC[C@H](C)C[C@@H](C)C(NC(=O)OC(C)(C)C)C(=O)N4C3)nc(-c3ccc(F)cc3)cc2c1.[HH].[HH].[HH]. The van der Waals surface area contributed by atoms with E-state index in [0.29, 0.717) is 53.5 Å². The third-order valence-electron chi connectivity index (χ3n) is 11.7. The summed E-state index contributed by atoms with van der Waals surface area (Å²) >= 11 is 0. The molecule has 7 atom stereocenters.